The summed E-state index contributed by atoms with van der Waals surface area (Å²) in [5.41, 5.74) is 1.11. The zero-order valence-corrected chi connectivity index (χ0v) is 9.62. The van der Waals surface area contributed by atoms with Crippen LogP contribution in [0, 0.1) is 0 Å². The van der Waals surface area contributed by atoms with Crippen LogP contribution in [0.25, 0.3) is 0 Å². The summed E-state index contributed by atoms with van der Waals surface area (Å²) < 4.78 is 5.02. The molecule has 5 heteroatoms. The highest BCUT2D eigenvalue weighted by Gasteiger charge is 1.96. The number of hydrogen-bond donors (Lipinski definition) is 2. The molecule has 88 valence electrons. The van der Waals surface area contributed by atoms with Gasteiger partial charge in [-0.2, -0.15) is 0 Å². The number of aromatic nitrogens is 1. The molecule has 16 heavy (non-hydrogen) atoms. The van der Waals surface area contributed by atoms with Gasteiger partial charge in [-0.15, -0.1) is 0 Å². The highest BCUT2D eigenvalue weighted by atomic mass is 16.5. The number of pyridine rings is 1. The van der Waals surface area contributed by atoms with Crippen molar-refractivity contribution in [3.8, 4) is 5.88 Å². The maximum Gasteiger partial charge on any atom is 0.216 e. The molecule has 0 aliphatic heterocycles. The molecule has 0 unspecified atom stereocenters. The zero-order valence-electron chi connectivity index (χ0n) is 9.62. The first-order chi connectivity index (χ1) is 7.72. The lowest BCUT2D eigenvalue weighted by Crippen LogP contribution is -2.29. The van der Waals surface area contributed by atoms with E-state index in [9.17, 15) is 4.79 Å². The molecule has 1 aromatic heterocycles. The van der Waals surface area contributed by atoms with Crippen LogP contribution in [0.15, 0.2) is 18.3 Å². The predicted octanol–water partition coefficient (Wildman–Crippen LogP) is 0.316. The van der Waals surface area contributed by atoms with Gasteiger partial charge in [0.15, 0.2) is 0 Å². The van der Waals surface area contributed by atoms with Crippen molar-refractivity contribution in [3.05, 3.63) is 23.9 Å². The lowest BCUT2D eigenvalue weighted by Gasteiger charge is -2.06. The fourth-order valence-corrected chi connectivity index (χ4v) is 1.23. The van der Waals surface area contributed by atoms with Gasteiger partial charge in [0.05, 0.1) is 7.11 Å². The lowest BCUT2D eigenvalue weighted by molar-refractivity contribution is -0.118. The van der Waals surface area contributed by atoms with Crippen LogP contribution >= 0.6 is 0 Å². The molecular formula is C11H17N3O2. The van der Waals surface area contributed by atoms with E-state index in [2.05, 4.69) is 15.6 Å². The number of carbonyl (C=O) groups excluding carboxylic acids is 1. The van der Waals surface area contributed by atoms with Crippen LogP contribution in [0.4, 0.5) is 0 Å². The van der Waals surface area contributed by atoms with E-state index in [4.69, 9.17) is 4.74 Å². The third-order valence-corrected chi connectivity index (χ3v) is 2.01. The molecule has 1 rings (SSSR count). The molecule has 0 aromatic carbocycles. The van der Waals surface area contributed by atoms with Gasteiger partial charge in [-0.1, -0.05) is 0 Å². The van der Waals surface area contributed by atoms with Gasteiger partial charge in [0, 0.05) is 38.8 Å². The van der Waals surface area contributed by atoms with Crippen molar-refractivity contribution in [3.63, 3.8) is 0 Å². The molecule has 1 heterocycles. The molecule has 0 saturated heterocycles. The van der Waals surface area contributed by atoms with Crippen molar-refractivity contribution < 1.29 is 9.53 Å². The molecule has 0 radical (unpaired) electrons. The van der Waals surface area contributed by atoms with Gasteiger partial charge in [0.1, 0.15) is 0 Å². The van der Waals surface area contributed by atoms with Crippen LogP contribution in [0.1, 0.15) is 12.5 Å². The third-order valence-electron chi connectivity index (χ3n) is 2.01. The minimum absolute atomic E-state index is 0.00706. The van der Waals surface area contributed by atoms with Crippen molar-refractivity contribution in [2.24, 2.45) is 0 Å². The second-order valence-electron chi connectivity index (χ2n) is 3.37. The molecule has 2 N–H and O–H groups in total. The second kappa shape index (κ2) is 6.79. The zero-order chi connectivity index (χ0) is 11.8. The van der Waals surface area contributed by atoms with E-state index in [1.807, 2.05) is 12.1 Å². The molecule has 0 atom stereocenters. The average molecular weight is 223 g/mol. The fraction of sp³-hybridized carbons (Fsp3) is 0.455. The van der Waals surface area contributed by atoms with E-state index in [0.717, 1.165) is 18.7 Å². The Labute approximate surface area is 95.2 Å². The van der Waals surface area contributed by atoms with E-state index in [1.54, 1.807) is 13.3 Å². The summed E-state index contributed by atoms with van der Waals surface area (Å²) in [5.74, 6) is 0.605. The summed E-state index contributed by atoms with van der Waals surface area (Å²) in [6.45, 7) is 3.62. The number of rotatable bonds is 6. The number of amides is 1. The van der Waals surface area contributed by atoms with Crippen LogP contribution in [0.2, 0.25) is 0 Å². The number of carbonyl (C=O) groups is 1. The smallest absolute Gasteiger partial charge is 0.216 e. The van der Waals surface area contributed by atoms with Gasteiger partial charge in [0.25, 0.3) is 0 Å². The van der Waals surface area contributed by atoms with Gasteiger partial charge >= 0.3 is 0 Å². The van der Waals surface area contributed by atoms with E-state index in [1.165, 1.54) is 6.92 Å². The number of nitrogens with zero attached hydrogens (tertiary/aromatic N) is 1. The van der Waals surface area contributed by atoms with Gasteiger partial charge < -0.3 is 15.4 Å². The number of hydrogen-bond acceptors (Lipinski definition) is 4. The Morgan fingerprint density at radius 3 is 3.00 bits per heavy atom. The summed E-state index contributed by atoms with van der Waals surface area (Å²) >= 11 is 0. The van der Waals surface area contributed by atoms with Crippen molar-refractivity contribution >= 4 is 5.91 Å². The summed E-state index contributed by atoms with van der Waals surface area (Å²) in [5, 5.41) is 5.93. The van der Waals surface area contributed by atoms with E-state index < -0.39 is 0 Å². The highest BCUT2D eigenvalue weighted by Crippen LogP contribution is 2.07. The molecular weight excluding hydrogens is 206 g/mol. The molecule has 0 spiro atoms. The molecule has 0 aliphatic rings. The second-order valence-corrected chi connectivity index (χ2v) is 3.37. The average Bonchev–Trinajstić information content (AvgIpc) is 2.28. The molecule has 1 amide bonds. The van der Waals surface area contributed by atoms with Gasteiger partial charge in [-0.25, -0.2) is 4.98 Å². The monoisotopic (exact) mass is 223 g/mol. The number of nitrogens with one attached hydrogen (secondary N) is 2. The summed E-state index contributed by atoms with van der Waals surface area (Å²) in [4.78, 5) is 14.6. The molecule has 0 aliphatic carbocycles. The third kappa shape index (κ3) is 4.75. The maximum atomic E-state index is 10.6. The summed E-state index contributed by atoms with van der Waals surface area (Å²) in [6, 6.07) is 3.80. The molecule has 5 nitrogen and oxygen atoms in total. The van der Waals surface area contributed by atoms with E-state index in [0.29, 0.717) is 12.4 Å². The summed E-state index contributed by atoms with van der Waals surface area (Å²) in [6.07, 6.45) is 1.71. The molecule has 0 bridgehead atoms. The van der Waals surface area contributed by atoms with Crippen LogP contribution in [0.3, 0.4) is 0 Å². The van der Waals surface area contributed by atoms with Crippen LogP contribution < -0.4 is 15.4 Å². The minimum Gasteiger partial charge on any atom is -0.481 e. The van der Waals surface area contributed by atoms with Crippen LogP contribution in [0.5, 0.6) is 5.88 Å². The Kier molecular flexibility index (Phi) is 5.28. The lowest BCUT2D eigenvalue weighted by atomic mass is 10.2. The van der Waals surface area contributed by atoms with Gasteiger partial charge in [0.2, 0.25) is 11.8 Å². The van der Waals surface area contributed by atoms with Crippen molar-refractivity contribution in [2.75, 3.05) is 20.2 Å². The van der Waals surface area contributed by atoms with E-state index in [-0.39, 0.29) is 5.91 Å². The number of methoxy groups -OCH3 is 1. The van der Waals surface area contributed by atoms with Crippen molar-refractivity contribution in [1.29, 1.82) is 0 Å². The normalized spacial score (nSPS) is 9.88. The molecule has 0 saturated carbocycles. The van der Waals surface area contributed by atoms with Crippen LogP contribution in [-0.2, 0) is 11.3 Å². The first kappa shape index (κ1) is 12.4. The van der Waals surface area contributed by atoms with Gasteiger partial charge in [-0.3, -0.25) is 4.79 Å². The fourth-order valence-electron chi connectivity index (χ4n) is 1.23. The minimum atomic E-state index is -0.00706. The molecule has 1 aromatic rings. The largest absolute Gasteiger partial charge is 0.481 e. The standard InChI is InChI=1S/C11H17N3O2/c1-9(15)13-6-5-12-8-10-3-4-14-11(7-10)16-2/h3-4,7,12H,5-6,8H2,1-2H3,(H,13,15). The van der Waals surface area contributed by atoms with Crippen molar-refractivity contribution in [2.45, 2.75) is 13.5 Å². The highest BCUT2D eigenvalue weighted by molar-refractivity contribution is 5.72. The Morgan fingerprint density at radius 2 is 2.31 bits per heavy atom. The Bertz CT molecular complexity index is 342. The van der Waals surface area contributed by atoms with Crippen molar-refractivity contribution in [1.82, 2.24) is 15.6 Å². The Balaban J connectivity index is 2.23. The Morgan fingerprint density at radius 1 is 1.50 bits per heavy atom. The van der Waals surface area contributed by atoms with Crippen LogP contribution in [-0.4, -0.2) is 31.1 Å². The van der Waals surface area contributed by atoms with E-state index >= 15 is 0 Å². The maximum absolute atomic E-state index is 10.6. The number of ether oxygens (including phenoxy) is 1. The first-order valence-electron chi connectivity index (χ1n) is 5.16. The Hall–Kier alpha value is -1.62. The summed E-state index contributed by atoms with van der Waals surface area (Å²) in [7, 11) is 1.59. The first-order valence-corrected chi connectivity index (χ1v) is 5.16. The topological polar surface area (TPSA) is 63.2 Å². The quantitative estimate of drug-likeness (QED) is 0.682. The van der Waals surface area contributed by atoms with Gasteiger partial charge in [-0.05, 0) is 11.6 Å². The predicted molar refractivity (Wildman–Crippen MR) is 61.2 cm³/mol. The molecule has 0 fully saturated rings. The SMILES string of the molecule is COc1cc(CNCCNC(C)=O)ccn1.